The summed E-state index contributed by atoms with van der Waals surface area (Å²) in [5.41, 5.74) is 0. The fourth-order valence-corrected chi connectivity index (χ4v) is 0.930. The van der Waals surface area contributed by atoms with Crippen molar-refractivity contribution >= 4 is 12.6 Å². The van der Waals surface area contributed by atoms with Crippen LogP contribution in [0.5, 0.6) is 5.75 Å². The van der Waals surface area contributed by atoms with Gasteiger partial charge in [0.15, 0.2) is 0 Å². The van der Waals surface area contributed by atoms with Crippen molar-refractivity contribution in [3.05, 3.63) is 24.3 Å². The van der Waals surface area contributed by atoms with E-state index < -0.39 is 0 Å². The molecule has 0 fully saturated rings. The summed E-state index contributed by atoms with van der Waals surface area (Å²) < 4.78 is 5.23. The number of para-hydroxylation sites is 1. The predicted molar refractivity (Wildman–Crippen MR) is 43.2 cm³/mol. The summed E-state index contributed by atoms with van der Waals surface area (Å²) in [6.45, 7) is 2.62. The molecule has 0 saturated heterocycles. The maximum atomic E-state index is 5.23. The van der Waals surface area contributed by atoms with Crippen molar-refractivity contribution in [2.45, 2.75) is 11.8 Å². The maximum absolute atomic E-state index is 5.23. The second-order valence-corrected chi connectivity index (χ2v) is 2.32. The Hall–Kier alpha value is -0.760. The SMILES string of the molecule is CCOc1ccccc1[S-]. The second kappa shape index (κ2) is 3.42. The van der Waals surface area contributed by atoms with Crippen LogP contribution in [0.1, 0.15) is 6.92 Å². The van der Waals surface area contributed by atoms with E-state index in [0.717, 1.165) is 10.6 Å². The summed E-state index contributed by atoms with van der Waals surface area (Å²) in [5, 5.41) is 0. The molecular weight excluding hydrogens is 144 g/mol. The van der Waals surface area contributed by atoms with Gasteiger partial charge in [-0.2, -0.15) is 0 Å². The number of hydrogen-bond donors (Lipinski definition) is 0. The summed E-state index contributed by atoms with van der Waals surface area (Å²) in [5.74, 6) is 0.806. The molecule has 2 heteroatoms. The Morgan fingerprint density at radius 1 is 1.40 bits per heavy atom. The Morgan fingerprint density at radius 2 is 2.10 bits per heavy atom. The van der Waals surface area contributed by atoms with Gasteiger partial charge in [-0.1, -0.05) is 18.2 Å². The fourth-order valence-electron chi connectivity index (χ4n) is 0.725. The summed E-state index contributed by atoms with van der Waals surface area (Å²) >= 11 is 4.99. The Kier molecular flexibility index (Phi) is 2.51. The molecule has 0 aliphatic carbocycles. The van der Waals surface area contributed by atoms with E-state index in [2.05, 4.69) is 0 Å². The normalized spacial score (nSPS) is 9.30. The van der Waals surface area contributed by atoms with E-state index in [0.29, 0.717) is 6.61 Å². The third kappa shape index (κ3) is 1.61. The minimum Gasteiger partial charge on any atom is -0.776 e. The van der Waals surface area contributed by atoms with Gasteiger partial charge in [0.2, 0.25) is 0 Å². The molecule has 0 N–H and O–H groups in total. The summed E-state index contributed by atoms with van der Waals surface area (Å²) in [7, 11) is 0. The molecule has 0 aliphatic rings. The Balaban J connectivity index is 2.81. The number of hydrogen-bond acceptors (Lipinski definition) is 2. The average Bonchev–Trinajstić information content (AvgIpc) is 1.94. The van der Waals surface area contributed by atoms with Gasteiger partial charge in [0.25, 0.3) is 0 Å². The molecule has 10 heavy (non-hydrogen) atoms. The first-order valence-corrected chi connectivity index (χ1v) is 3.64. The molecule has 0 heterocycles. The molecule has 1 nitrogen and oxygen atoms in total. The van der Waals surface area contributed by atoms with Crippen molar-refractivity contribution < 1.29 is 4.74 Å². The smallest absolute Gasteiger partial charge is 0.0997 e. The molecule has 54 valence electrons. The summed E-state index contributed by atoms with van der Waals surface area (Å²) in [6, 6.07) is 7.57. The standard InChI is InChI=1S/C8H10OS/c1-2-9-7-5-3-4-6-8(7)10/h3-6,10H,2H2,1H3/p-1. The van der Waals surface area contributed by atoms with Crippen LogP contribution in [0.4, 0.5) is 0 Å². The van der Waals surface area contributed by atoms with Crippen LogP contribution in [-0.4, -0.2) is 6.61 Å². The zero-order chi connectivity index (χ0) is 7.40. The first-order chi connectivity index (χ1) is 4.84. The quantitative estimate of drug-likeness (QED) is 0.601. The first-order valence-electron chi connectivity index (χ1n) is 3.23. The van der Waals surface area contributed by atoms with Crippen LogP contribution in [0.25, 0.3) is 0 Å². The van der Waals surface area contributed by atoms with E-state index in [9.17, 15) is 0 Å². The molecular formula is C8H9OS-. The van der Waals surface area contributed by atoms with Gasteiger partial charge in [-0.15, -0.1) is 4.90 Å². The van der Waals surface area contributed by atoms with E-state index >= 15 is 0 Å². The predicted octanol–water partition coefficient (Wildman–Crippen LogP) is 1.99. The molecule has 0 saturated carbocycles. The van der Waals surface area contributed by atoms with E-state index in [1.54, 1.807) is 0 Å². The van der Waals surface area contributed by atoms with Crippen LogP contribution in [0.2, 0.25) is 0 Å². The molecule has 1 aromatic carbocycles. The Labute approximate surface area is 66.4 Å². The van der Waals surface area contributed by atoms with Gasteiger partial charge in [0.05, 0.1) is 12.4 Å². The fraction of sp³-hybridized carbons (Fsp3) is 0.250. The topological polar surface area (TPSA) is 9.23 Å². The summed E-state index contributed by atoms with van der Waals surface area (Å²) in [6.07, 6.45) is 0. The van der Waals surface area contributed by atoms with Crippen molar-refractivity contribution in [1.29, 1.82) is 0 Å². The minimum atomic E-state index is 0.674. The third-order valence-corrected chi connectivity index (χ3v) is 1.49. The van der Waals surface area contributed by atoms with Gasteiger partial charge < -0.3 is 17.4 Å². The zero-order valence-corrected chi connectivity index (χ0v) is 6.65. The lowest BCUT2D eigenvalue weighted by Crippen LogP contribution is -1.92. The summed E-state index contributed by atoms with van der Waals surface area (Å²) in [4.78, 5) is 0.782. The zero-order valence-electron chi connectivity index (χ0n) is 5.83. The molecule has 0 bridgehead atoms. The molecule has 0 spiro atoms. The number of rotatable bonds is 2. The molecule has 0 aliphatic heterocycles. The van der Waals surface area contributed by atoms with Crippen LogP contribution in [0.15, 0.2) is 29.2 Å². The molecule has 0 amide bonds. The van der Waals surface area contributed by atoms with Gasteiger partial charge in [0.1, 0.15) is 0 Å². The van der Waals surface area contributed by atoms with Gasteiger partial charge in [-0.3, -0.25) is 0 Å². The number of benzene rings is 1. The van der Waals surface area contributed by atoms with Gasteiger partial charge in [0, 0.05) is 0 Å². The van der Waals surface area contributed by atoms with Crippen LogP contribution < -0.4 is 4.74 Å². The molecule has 1 aromatic rings. The lowest BCUT2D eigenvalue weighted by atomic mass is 10.3. The van der Waals surface area contributed by atoms with E-state index in [4.69, 9.17) is 17.4 Å². The second-order valence-electron chi connectivity index (χ2n) is 1.88. The van der Waals surface area contributed by atoms with Crippen LogP contribution in [0.3, 0.4) is 0 Å². The van der Waals surface area contributed by atoms with Crippen molar-refractivity contribution in [3.8, 4) is 5.75 Å². The monoisotopic (exact) mass is 153 g/mol. The highest BCUT2D eigenvalue weighted by molar-refractivity contribution is 7.58. The highest BCUT2D eigenvalue weighted by Gasteiger charge is 1.87. The van der Waals surface area contributed by atoms with Crippen LogP contribution in [0, 0.1) is 0 Å². The minimum absolute atomic E-state index is 0.674. The third-order valence-electron chi connectivity index (χ3n) is 1.15. The molecule has 1 rings (SSSR count). The van der Waals surface area contributed by atoms with Gasteiger partial charge in [-0.05, 0) is 13.0 Å². The van der Waals surface area contributed by atoms with Gasteiger partial charge >= 0.3 is 0 Å². The highest BCUT2D eigenvalue weighted by atomic mass is 32.1. The van der Waals surface area contributed by atoms with Crippen molar-refractivity contribution in [3.63, 3.8) is 0 Å². The largest absolute Gasteiger partial charge is 0.776 e. The Morgan fingerprint density at radius 3 is 2.70 bits per heavy atom. The lowest BCUT2D eigenvalue weighted by Gasteiger charge is -2.12. The molecule has 0 radical (unpaired) electrons. The first kappa shape index (κ1) is 7.35. The lowest BCUT2D eigenvalue weighted by molar-refractivity contribution is 0.332. The molecule has 0 aromatic heterocycles. The van der Waals surface area contributed by atoms with Crippen LogP contribution >= 0.6 is 0 Å². The van der Waals surface area contributed by atoms with E-state index in [-0.39, 0.29) is 0 Å². The molecule has 0 atom stereocenters. The van der Waals surface area contributed by atoms with Crippen LogP contribution in [-0.2, 0) is 12.6 Å². The molecule has 0 unspecified atom stereocenters. The maximum Gasteiger partial charge on any atom is 0.0997 e. The van der Waals surface area contributed by atoms with Crippen molar-refractivity contribution in [2.24, 2.45) is 0 Å². The highest BCUT2D eigenvalue weighted by Crippen LogP contribution is 2.16. The Bertz CT molecular complexity index is 210. The number of ether oxygens (including phenoxy) is 1. The average molecular weight is 153 g/mol. The van der Waals surface area contributed by atoms with Crippen molar-refractivity contribution in [1.82, 2.24) is 0 Å². The van der Waals surface area contributed by atoms with E-state index in [1.165, 1.54) is 0 Å². The van der Waals surface area contributed by atoms with Gasteiger partial charge in [-0.25, -0.2) is 0 Å². The van der Waals surface area contributed by atoms with Crippen molar-refractivity contribution in [2.75, 3.05) is 6.61 Å². The van der Waals surface area contributed by atoms with E-state index in [1.807, 2.05) is 31.2 Å².